The third kappa shape index (κ3) is 6.18. The van der Waals surface area contributed by atoms with E-state index in [9.17, 15) is 4.79 Å². The van der Waals surface area contributed by atoms with Gasteiger partial charge in [0.25, 0.3) is 0 Å². The molecule has 0 fully saturated rings. The lowest BCUT2D eigenvalue weighted by Crippen LogP contribution is -2.22. The van der Waals surface area contributed by atoms with Gasteiger partial charge >= 0.3 is 5.97 Å². The first kappa shape index (κ1) is 27.5. The van der Waals surface area contributed by atoms with E-state index in [1.165, 1.54) is 7.11 Å². The lowest BCUT2D eigenvalue weighted by molar-refractivity contribution is -0.127. The number of hydrogen-bond donors (Lipinski definition) is 2. The minimum absolute atomic E-state index is 0.0122. The minimum Gasteiger partial charge on any atom is -0.483 e. The highest BCUT2D eigenvalue weighted by Crippen LogP contribution is 2.26. The standard InChI is InChI=1S/C33H29N5O5/c1-20(31-34-26-8-4-5-9-27(26)35-31)41-23-14-12-22(13-15-23)30(38-40-3)33(39)43-25-18-16-24(17-19-25)42-21(2)32-36-28-10-6-7-11-29(28)37-32/h4-21H,1-3H3,(H,34,35)(H,36,37). The van der Waals surface area contributed by atoms with Crippen LogP contribution in [-0.2, 0) is 9.63 Å². The molecular weight excluding hydrogens is 546 g/mol. The van der Waals surface area contributed by atoms with Crippen molar-refractivity contribution in [2.75, 3.05) is 7.11 Å². The van der Waals surface area contributed by atoms with E-state index in [1.54, 1.807) is 48.5 Å². The molecule has 0 spiro atoms. The molecule has 2 atom stereocenters. The van der Waals surface area contributed by atoms with Crippen LogP contribution in [0, 0.1) is 0 Å². The third-order valence-corrected chi connectivity index (χ3v) is 6.75. The SMILES string of the molecule is CON=C(C(=O)Oc1ccc(OC(C)c2nc3ccccc3[nH]2)cc1)c1ccc(OC(C)c2nc3ccccc3[nH]2)cc1. The summed E-state index contributed by atoms with van der Waals surface area (Å²) in [5.74, 6) is 2.31. The van der Waals surface area contributed by atoms with E-state index >= 15 is 0 Å². The molecule has 0 bridgehead atoms. The molecule has 10 heteroatoms. The van der Waals surface area contributed by atoms with E-state index in [1.807, 2.05) is 62.4 Å². The zero-order valence-electron chi connectivity index (χ0n) is 23.8. The van der Waals surface area contributed by atoms with Crippen LogP contribution in [0.15, 0.2) is 102 Å². The maximum absolute atomic E-state index is 13.0. The van der Waals surface area contributed by atoms with Crippen molar-refractivity contribution in [2.45, 2.75) is 26.1 Å². The molecule has 0 aliphatic rings. The Kier molecular flexibility index (Phi) is 7.73. The van der Waals surface area contributed by atoms with Crippen LogP contribution >= 0.6 is 0 Å². The van der Waals surface area contributed by atoms with E-state index in [4.69, 9.17) is 19.0 Å². The molecule has 2 N–H and O–H groups in total. The van der Waals surface area contributed by atoms with Gasteiger partial charge in [-0.05, 0) is 86.6 Å². The predicted molar refractivity (Wildman–Crippen MR) is 162 cm³/mol. The van der Waals surface area contributed by atoms with Gasteiger partial charge in [0, 0.05) is 5.56 Å². The number of benzene rings is 4. The molecule has 6 rings (SSSR count). The predicted octanol–water partition coefficient (Wildman–Crippen LogP) is 6.68. The van der Waals surface area contributed by atoms with Crippen LogP contribution in [0.25, 0.3) is 22.1 Å². The van der Waals surface area contributed by atoms with E-state index in [0.29, 0.717) is 22.8 Å². The molecule has 2 aromatic heterocycles. The number of oxime groups is 1. The number of ether oxygens (including phenoxy) is 3. The van der Waals surface area contributed by atoms with Gasteiger partial charge < -0.3 is 29.0 Å². The summed E-state index contributed by atoms with van der Waals surface area (Å²) >= 11 is 0. The van der Waals surface area contributed by atoms with Gasteiger partial charge in [-0.15, -0.1) is 0 Å². The maximum atomic E-state index is 13.0. The summed E-state index contributed by atoms with van der Waals surface area (Å²) in [6, 6.07) is 29.3. The van der Waals surface area contributed by atoms with E-state index < -0.39 is 5.97 Å². The molecular formula is C33H29N5O5. The number of imidazole rings is 2. The average molecular weight is 576 g/mol. The summed E-state index contributed by atoms with van der Waals surface area (Å²) in [6.07, 6.45) is -0.626. The summed E-state index contributed by atoms with van der Waals surface area (Å²) in [4.78, 5) is 33.7. The minimum atomic E-state index is -0.671. The van der Waals surface area contributed by atoms with Crippen LogP contribution in [0.4, 0.5) is 0 Å². The van der Waals surface area contributed by atoms with Crippen LogP contribution in [0.1, 0.15) is 43.3 Å². The Morgan fingerprint density at radius 3 is 1.63 bits per heavy atom. The zero-order valence-corrected chi connectivity index (χ0v) is 23.8. The molecule has 0 radical (unpaired) electrons. The molecule has 0 saturated heterocycles. The van der Waals surface area contributed by atoms with E-state index in [2.05, 4.69) is 25.1 Å². The lowest BCUT2D eigenvalue weighted by Gasteiger charge is -2.14. The smallest absolute Gasteiger partial charge is 0.366 e. The molecule has 0 aliphatic carbocycles. The van der Waals surface area contributed by atoms with Gasteiger partial charge in [-0.3, -0.25) is 0 Å². The summed E-state index contributed by atoms with van der Waals surface area (Å²) in [5.41, 5.74) is 4.17. The second-order valence-electron chi connectivity index (χ2n) is 9.81. The van der Waals surface area contributed by atoms with Gasteiger partial charge in [0.2, 0.25) is 0 Å². The summed E-state index contributed by atoms with van der Waals surface area (Å²) in [7, 11) is 1.37. The second-order valence-corrected chi connectivity index (χ2v) is 9.81. The number of nitrogens with one attached hydrogen (secondary N) is 2. The Bertz CT molecular complexity index is 1830. The molecule has 10 nitrogen and oxygen atoms in total. The van der Waals surface area contributed by atoms with Gasteiger partial charge in [0.1, 0.15) is 36.0 Å². The topological polar surface area (TPSA) is 124 Å². The van der Waals surface area contributed by atoms with Crippen molar-refractivity contribution in [3.05, 3.63) is 114 Å². The second kappa shape index (κ2) is 12.1. The average Bonchev–Trinajstić information content (AvgIpc) is 3.66. The Labute approximate surface area is 247 Å². The Hall–Kier alpha value is -5.64. The maximum Gasteiger partial charge on any atom is 0.366 e. The number of hydrogen-bond acceptors (Lipinski definition) is 8. The quantitative estimate of drug-likeness (QED) is 0.0809. The molecule has 2 unspecified atom stereocenters. The molecule has 4 aromatic carbocycles. The van der Waals surface area contributed by atoms with Gasteiger partial charge in [-0.2, -0.15) is 0 Å². The Morgan fingerprint density at radius 2 is 1.14 bits per heavy atom. The van der Waals surface area contributed by atoms with Crippen molar-refractivity contribution < 1.29 is 23.8 Å². The monoisotopic (exact) mass is 575 g/mol. The summed E-state index contributed by atoms with van der Waals surface area (Å²) < 4.78 is 17.7. The van der Waals surface area contributed by atoms with Crippen molar-refractivity contribution in [2.24, 2.45) is 5.16 Å². The highest BCUT2D eigenvalue weighted by molar-refractivity contribution is 6.43. The highest BCUT2D eigenvalue weighted by Gasteiger charge is 2.20. The number of rotatable bonds is 10. The van der Waals surface area contributed by atoms with Crippen molar-refractivity contribution in [1.29, 1.82) is 0 Å². The third-order valence-electron chi connectivity index (χ3n) is 6.75. The fourth-order valence-corrected chi connectivity index (χ4v) is 4.58. The van der Waals surface area contributed by atoms with Crippen molar-refractivity contribution in [3.8, 4) is 17.2 Å². The summed E-state index contributed by atoms with van der Waals surface area (Å²) in [6.45, 7) is 3.83. The van der Waals surface area contributed by atoms with E-state index in [-0.39, 0.29) is 17.9 Å². The van der Waals surface area contributed by atoms with Crippen LogP contribution in [-0.4, -0.2) is 38.7 Å². The molecule has 0 aliphatic heterocycles. The number of aromatic nitrogens is 4. The van der Waals surface area contributed by atoms with Crippen LogP contribution in [0.5, 0.6) is 17.2 Å². The van der Waals surface area contributed by atoms with Crippen LogP contribution < -0.4 is 14.2 Å². The Balaban J connectivity index is 1.08. The largest absolute Gasteiger partial charge is 0.483 e. The first-order valence-corrected chi connectivity index (χ1v) is 13.7. The van der Waals surface area contributed by atoms with Gasteiger partial charge in [0.05, 0.1) is 22.1 Å². The fraction of sp³-hybridized carbons (Fsp3) is 0.152. The number of nitrogens with zero attached hydrogens (tertiary/aromatic N) is 3. The van der Waals surface area contributed by atoms with Crippen molar-refractivity contribution in [3.63, 3.8) is 0 Å². The first-order chi connectivity index (χ1) is 21.0. The lowest BCUT2D eigenvalue weighted by atomic mass is 10.1. The Morgan fingerprint density at radius 1 is 0.674 bits per heavy atom. The zero-order chi connectivity index (χ0) is 29.8. The molecule has 6 aromatic rings. The molecule has 43 heavy (non-hydrogen) atoms. The number of carbonyl (C=O) groups excluding carboxylic acids is 1. The fourth-order valence-electron chi connectivity index (χ4n) is 4.58. The molecule has 0 amide bonds. The number of para-hydroxylation sites is 4. The summed E-state index contributed by atoms with van der Waals surface area (Å²) in [5, 5.41) is 3.91. The number of H-pyrrole nitrogens is 2. The van der Waals surface area contributed by atoms with Crippen molar-refractivity contribution in [1.82, 2.24) is 19.9 Å². The number of esters is 1. The van der Waals surface area contributed by atoms with Crippen LogP contribution in [0.2, 0.25) is 0 Å². The first-order valence-electron chi connectivity index (χ1n) is 13.7. The molecule has 2 heterocycles. The number of carbonyl (C=O) groups is 1. The molecule has 0 saturated carbocycles. The van der Waals surface area contributed by atoms with Gasteiger partial charge in [0.15, 0.2) is 17.9 Å². The number of aromatic amines is 2. The van der Waals surface area contributed by atoms with Crippen LogP contribution in [0.3, 0.4) is 0 Å². The van der Waals surface area contributed by atoms with Gasteiger partial charge in [-0.25, -0.2) is 14.8 Å². The van der Waals surface area contributed by atoms with Gasteiger partial charge in [-0.1, -0.05) is 29.4 Å². The number of fused-ring (bicyclic) bond motifs is 2. The van der Waals surface area contributed by atoms with E-state index in [0.717, 1.165) is 33.7 Å². The molecule has 216 valence electrons. The highest BCUT2D eigenvalue weighted by atomic mass is 16.6. The van der Waals surface area contributed by atoms with Crippen molar-refractivity contribution >= 4 is 33.7 Å². The normalized spacial score (nSPS) is 13.0.